The molecular formula is C18H25F3N6O2. The van der Waals surface area contributed by atoms with Crippen LogP contribution in [0, 0.1) is 0 Å². The van der Waals surface area contributed by atoms with Gasteiger partial charge in [-0.15, -0.1) is 0 Å². The van der Waals surface area contributed by atoms with E-state index in [0.29, 0.717) is 45.9 Å². The summed E-state index contributed by atoms with van der Waals surface area (Å²) < 4.78 is 46.1. The molecule has 2 amide bonds. The highest BCUT2D eigenvalue weighted by Crippen LogP contribution is 2.30. The average Bonchev–Trinajstić information content (AvgIpc) is 3.09. The van der Waals surface area contributed by atoms with Gasteiger partial charge in [0.05, 0.1) is 0 Å². The number of rotatable bonds is 7. The summed E-state index contributed by atoms with van der Waals surface area (Å²) in [5, 5.41) is 2.84. The van der Waals surface area contributed by atoms with Crippen molar-refractivity contribution in [1.29, 1.82) is 0 Å². The van der Waals surface area contributed by atoms with E-state index in [9.17, 15) is 18.0 Å². The fourth-order valence-electron chi connectivity index (χ4n) is 3.33. The molecule has 1 aliphatic heterocycles. The van der Waals surface area contributed by atoms with Gasteiger partial charge in [-0.1, -0.05) is 0 Å². The lowest BCUT2D eigenvalue weighted by Gasteiger charge is -2.34. The smallest absolute Gasteiger partial charge is 0.385 e. The number of hydrogen-bond acceptors (Lipinski definition) is 5. The Labute approximate surface area is 166 Å². The number of ether oxygens (including phenoxy) is 1. The number of hydrogen-bond donors (Lipinski definition) is 1. The number of amides is 2. The number of carbonyl (C=O) groups excluding carboxylic acids is 1. The fourth-order valence-corrected chi connectivity index (χ4v) is 3.33. The van der Waals surface area contributed by atoms with E-state index in [1.165, 1.54) is 12.3 Å². The molecule has 3 heterocycles. The molecule has 0 spiro atoms. The lowest BCUT2D eigenvalue weighted by Crippen LogP contribution is -2.52. The molecular weight excluding hydrogens is 389 g/mol. The van der Waals surface area contributed by atoms with Crippen LogP contribution in [0.15, 0.2) is 18.3 Å². The first kappa shape index (κ1) is 21.3. The first-order valence-corrected chi connectivity index (χ1v) is 9.52. The van der Waals surface area contributed by atoms with Gasteiger partial charge in [0.15, 0.2) is 5.65 Å². The van der Waals surface area contributed by atoms with Gasteiger partial charge in [0.25, 0.3) is 0 Å². The van der Waals surface area contributed by atoms with Gasteiger partial charge in [-0.25, -0.2) is 14.8 Å². The number of fused-ring (bicyclic) bond motifs is 1. The predicted octanol–water partition coefficient (Wildman–Crippen LogP) is 1.81. The van der Waals surface area contributed by atoms with Crippen molar-refractivity contribution in [3.05, 3.63) is 24.2 Å². The van der Waals surface area contributed by atoms with Crippen LogP contribution in [-0.4, -0.2) is 83.4 Å². The molecule has 0 radical (unpaired) electrons. The van der Waals surface area contributed by atoms with Crippen LogP contribution in [0.1, 0.15) is 12.2 Å². The van der Waals surface area contributed by atoms with Crippen molar-refractivity contribution in [2.45, 2.75) is 19.1 Å². The number of aromatic nitrogens is 3. The highest BCUT2D eigenvalue weighted by atomic mass is 19.4. The molecule has 0 unspecified atom stereocenters. The summed E-state index contributed by atoms with van der Waals surface area (Å²) in [6.45, 7) is 3.97. The van der Waals surface area contributed by atoms with Crippen molar-refractivity contribution in [2.75, 3.05) is 53.0 Å². The molecule has 1 saturated heterocycles. The minimum absolute atomic E-state index is 0.120. The quantitative estimate of drug-likeness (QED) is 0.700. The number of halogens is 3. The molecule has 3 rings (SSSR count). The van der Waals surface area contributed by atoms with Crippen molar-refractivity contribution < 1.29 is 22.7 Å². The molecule has 0 atom stereocenters. The second-order valence-corrected chi connectivity index (χ2v) is 6.84. The Morgan fingerprint density at radius 2 is 2.00 bits per heavy atom. The van der Waals surface area contributed by atoms with Crippen molar-refractivity contribution >= 4 is 17.2 Å². The summed E-state index contributed by atoms with van der Waals surface area (Å²) in [4.78, 5) is 23.7. The topological polar surface area (TPSA) is 75.5 Å². The largest absolute Gasteiger partial charge is 0.449 e. The van der Waals surface area contributed by atoms with Crippen LogP contribution < -0.4 is 5.32 Å². The van der Waals surface area contributed by atoms with Crippen LogP contribution in [0.3, 0.4) is 0 Å². The summed E-state index contributed by atoms with van der Waals surface area (Å²) in [7, 11) is 1.61. The predicted molar refractivity (Wildman–Crippen MR) is 100 cm³/mol. The number of pyridine rings is 1. The van der Waals surface area contributed by atoms with Crippen molar-refractivity contribution in [3.63, 3.8) is 0 Å². The maximum Gasteiger partial charge on any atom is 0.449 e. The Kier molecular flexibility index (Phi) is 6.91. The Balaban J connectivity index is 1.54. The molecule has 1 N–H and O–H groups in total. The number of methoxy groups -OCH3 is 1. The average molecular weight is 414 g/mol. The van der Waals surface area contributed by atoms with Gasteiger partial charge in [0.1, 0.15) is 5.52 Å². The third kappa shape index (κ3) is 5.36. The Bertz CT molecular complexity index is 818. The van der Waals surface area contributed by atoms with Gasteiger partial charge in [-0.3, -0.25) is 4.90 Å². The number of urea groups is 1. The number of carbonyl (C=O) groups is 1. The van der Waals surface area contributed by atoms with Gasteiger partial charge in [-0.05, 0) is 18.6 Å². The number of imidazole rings is 1. The Morgan fingerprint density at radius 1 is 1.24 bits per heavy atom. The zero-order chi connectivity index (χ0) is 20.9. The Hall–Kier alpha value is -2.40. The standard InChI is InChI=1S/C18H25F3N6O2/c1-29-13-3-6-23-17(28)26-10-7-25(8-11-26)9-12-27-15-14(4-2-5-22-15)24-16(27)18(19,20)21/h2,4-5H,3,6-13H2,1H3,(H,23,28). The molecule has 0 aromatic carbocycles. The summed E-state index contributed by atoms with van der Waals surface area (Å²) in [5.41, 5.74) is 0.462. The summed E-state index contributed by atoms with van der Waals surface area (Å²) in [5.74, 6) is -0.930. The second kappa shape index (κ2) is 9.40. The molecule has 2 aromatic heterocycles. The lowest BCUT2D eigenvalue weighted by atomic mass is 10.3. The first-order valence-electron chi connectivity index (χ1n) is 9.52. The number of nitrogens with one attached hydrogen (secondary N) is 1. The normalized spacial score (nSPS) is 15.8. The zero-order valence-corrected chi connectivity index (χ0v) is 16.3. The van der Waals surface area contributed by atoms with Crippen molar-refractivity contribution in [2.24, 2.45) is 0 Å². The van der Waals surface area contributed by atoms with E-state index in [1.54, 1.807) is 18.1 Å². The van der Waals surface area contributed by atoms with E-state index in [2.05, 4.69) is 15.3 Å². The number of nitrogens with zero attached hydrogens (tertiary/aromatic N) is 5. The van der Waals surface area contributed by atoms with E-state index in [4.69, 9.17) is 4.74 Å². The van der Waals surface area contributed by atoms with Crippen LogP contribution in [0.5, 0.6) is 0 Å². The van der Waals surface area contributed by atoms with E-state index in [-0.39, 0.29) is 23.7 Å². The monoisotopic (exact) mass is 414 g/mol. The number of piperazine rings is 1. The molecule has 1 fully saturated rings. The highest BCUT2D eigenvalue weighted by molar-refractivity contribution is 5.74. The van der Waals surface area contributed by atoms with Gasteiger partial charge >= 0.3 is 12.2 Å². The van der Waals surface area contributed by atoms with Crippen molar-refractivity contribution in [1.82, 2.24) is 29.7 Å². The minimum atomic E-state index is -4.54. The maximum absolute atomic E-state index is 13.4. The highest BCUT2D eigenvalue weighted by Gasteiger charge is 2.38. The Morgan fingerprint density at radius 3 is 2.69 bits per heavy atom. The van der Waals surface area contributed by atoms with Crippen LogP contribution in [0.4, 0.5) is 18.0 Å². The van der Waals surface area contributed by atoms with Gasteiger partial charge in [0.2, 0.25) is 5.82 Å². The van der Waals surface area contributed by atoms with Crippen LogP contribution in [-0.2, 0) is 17.5 Å². The van der Waals surface area contributed by atoms with Gasteiger partial charge in [0, 0.05) is 65.7 Å². The molecule has 160 valence electrons. The van der Waals surface area contributed by atoms with Crippen LogP contribution in [0.25, 0.3) is 11.2 Å². The second-order valence-electron chi connectivity index (χ2n) is 6.84. The summed E-state index contributed by atoms with van der Waals surface area (Å²) >= 11 is 0. The van der Waals surface area contributed by atoms with E-state index < -0.39 is 12.0 Å². The molecule has 29 heavy (non-hydrogen) atoms. The molecule has 2 aromatic rings. The SMILES string of the molecule is COCCCNC(=O)N1CCN(CCn2c(C(F)(F)F)nc3cccnc32)CC1. The number of alkyl halides is 3. The molecule has 1 aliphatic rings. The third-order valence-electron chi connectivity index (χ3n) is 4.86. The molecule has 0 saturated carbocycles. The molecule has 11 heteroatoms. The van der Waals surface area contributed by atoms with Gasteiger partial charge in [-0.2, -0.15) is 13.2 Å². The van der Waals surface area contributed by atoms with E-state index in [1.807, 2.05) is 4.90 Å². The van der Waals surface area contributed by atoms with Gasteiger partial charge < -0.3 is 19.5 Å². The van der Waals surface area contributed by atoms with E-state index >= 15 is 0 Å². The fraction of sp³-hybridized carbons (Fsp3) is 0.611. The zero-order valence-electron chi connectivity index (χ0n) is 16.3. The molecule has 0 bridgehead atoms. The van der Waals surface area contributed by atoms with Crippen LogP contribution >= 0.6 is 0 Å². The maximum atomic E-state index is 13.4. The lowest BCUT2D eigenvalue weighted by molar-refractivity contribution is -0.147. The van der Waals surface area contributed by atoms with Crippen molar-refractivity contribution in [3.8, 4) is 0 Å². The first-order chi connectivity index (χ1) is 13.9. The molecule has 0 aliphatic carbocycles. The van der Waals surface area contributed by atoms with E-state index in [0.717, 1.165) is 11.0 Å². The molecule has 8 nitrogen and oxygen atoms in total. The summed E-state index contributed by atoms with van der Waals surface area (Å²) in [6.07, 6.45) is -2.33. The minimum Gasteiger partial charge on any atom is -0.385 e. The third-order valence-corrected chi connectivity index (χ3v) is 4.86. The summed E-state index contributed by atoms with van der Waals surface area (Å²) in [6, 6.07) is 2.97. The van der Waals surface area contributed by atoms with Crippen LogP contribution in [0.2, 0.25) is 0 Å².